The number of aliphatic carboxylic acids is 1. The number of rotatable bonds is 4. The number of carboxylic acid groups (broad SMARTS) is 1. The van der Waals surface area contributed by atoms with Gasteiger partial charge in [-0.3, -0.25) is 9.59 Å². The maximum absolute atomic E-state index is 13.3. The summed E-state index contributed by atoms with van der Waals surface area (Å²) in [6.45, 7) is 1.33. The van der Waals surface area contributed by atoms with E-state index in [1.165, 1.54) is 0 Å². The van der Waals surface area contributed by atoms with Gasteiger partial charge in [-0.05, 0) is 18.4 Å². The summed E-state index contributed by atoms with van der Waals surface area (Å²) in [5.41, 5.74) is 0.649. The Labute approximate surface area is 136 Å². The average molecular weight is 317 g/mol. The van der Waals surface area contributed by atoms with Gasteiger partial charge in [0.05, 0.1) is 24.5 Å². The second kappa shape index (κ2) is 6.71. The van der Waals surface area contributed by atoms with Crippen molar-refractivity contribution in [3.8, 4) is 0 Å². The summed E-state index contributed by atoms with van der Waals surface area (Å²) >= 11 is 0. The number of nitrogens with zero attached hydrogens (tertiary/aromatic N) is 1. The average Bonchev–Trinajstić information content (AvgIpc) is 3.05. The van der Waals surface area contributed by atoms with Crippen molar-refractivity contribution in [1.29, 1.82) is 0 Å². The maximum atomic E-state index is 13.3. The number of amides is 1. The Morgan fingerprint density at radius 2 is 1.91 bits per heavy atom. The molecule has 0 spiro atoms. The van der Waals surface area contributed by atoms with Gasteiger partial charge >= 0.3 is 5.97 Å². The van der Waals surface area contributed by atoms with E-state index in [4.69, 9.17) is 9.84 Å². The highest BCUT2D eigenvalue weighted by molar-refractivity contribution is 5.88. The van der Waals surface area contributed by atoms with Crippen LogP contribution in [0.5, 0.6) is 0 Å². The van der Waals surface area contributed by atoms with Crippen molar-refractivity contribution >= 4 is 11.9 Å². The predicted octanol–water partition coefficient (Wildman–Crippen LogP) is 2.20. The summed E-state index contributed by atoms with van der Waals surface area (Å²) in [7, 11) is 0. The van der Waals surface area contributed by atoms with Crippen molar-refractivity contribution in [1.82, 2.24) is 4.90 Å². The Balaban J connectivity index is 1.80. The summed E-state index contributed by atoms with van der Waals surface area (Å²) in [5, 5.41) is 8.95. The van der Waals surface area contributed by atoms with Gasteiger partial charge in [-0.25, -0.2) is 0 Å². The lowest BCUT2D eigenvalue weighted by Crippen LogP contribution is -2.52. The molecule has 0 radical (unpaired) electrons. The van der Waals surface area contributed by atoms with E-state index in [2.05, 4.69) is 0 Å². The summed E-state index contributed by atoms with van der Waals surface area (Å²) < 4.78 is 5.50. The molecule has 1 unspecified atom stereocenters. The first kappa shape index (κ1) is 16.0. The highest BCUT2D eigenvalue weighted by atomic mass is 16.5. The van der Waals surface area contributed by atoms with E-state index in [1.54, 1.807) is 0 Å². The molecule has 1 aliphatic carbocycles. The van der Waals surface area contributed by atoms with E-state index in [0.29, 0.717) is 19.7 Å². The molecule has 1 amide bonds. The minimum atomic E-state index is -0.886. The largest absolute Gasteiger partial charge is 0.481 e. The van der Waals surface area contributed by atoms with Crippen molar-refractivity contribution in [2.45, 2.75) is 43.6 Å². The zero-order valence-corrected chi connectivity index (χ0v) is 13.2. The van der Waals surface area contributed by atoms with Gasteiger partial charge in [-0.15, -0.1) is 0 Å². The van der Waals surface area contributed by atoms with Gasteiger partial charge in [0.15, 0.2) is 0 Å². The zero-order valence-electron chi connectivity index (χ0n) is 13.2. The van der Waals surface area contributed by atoms with Crippen LogP contribution in [-0.4, -0.2) is 47.7 Å². The fourth-order valence-electron chi connectivity index (χ4n) is 3.89. The molecule has 2 fully saturated rings. The number of carbonyl (C=O) groups is 2. The summed E-state index contributed by atoms with van der Waals surface area (Å²) in [6, 6.07) is 10.0. The van der Waals surface area contributed by atoms with E-state index >= 15 is 0 Å². The van der Waals surface area contributed by atoms with Gasteiger partial charge in [0.2, 0.25) is 5.91 Å². The van der Waals surface area contributed by atoms with Gasteiger partial charge in [-0.2, -0.15) is 0 Å². The van der Waals surface area contributed by atoms with Crippen LogP contribution in [-0.2, 0) is 19.7 Å². The second-order valence-corrected chi connectivity index (χ2v) is 6.50. The SMILES string of the molecule is O=C(O)CC1CN(C(=O)C2(c3ccccc3)CCCC2)CCO1. The lowest BCUT2D eigenvalue weighted by atomic mass is 9.77. The molecule has 1 N–H and O–H groups in total. The molecule has 1 aromatic rings. The van der Waals surface area contributed by atoms with Gasteiger partial charge in [0, 0.05) is 13.1 Å². The number of carboxylic acids is 1. The molecule has 1 aliphatic heterocycles. The highest BCUT2D eigenvalue weighted by Gasteiger charge is 2.45. The molecule has 1 aromatic carbocycles. The molecule has 2 aliphatic rings. The Hall–Kier alpha value is -1.88. The van der Waals surface area contributed by atoms with Crippen LogP contribution >= 0.6 is 0 Å². The highest BCUT2D eigenvalue weighted by Crippen LogP contribution is 2.42. The Kier molecular flexibility index (Phi) is 4.66. The predicted molar refractivity (Wildman–Crippen MR) is 85.2 cm³/mol. The van der Waals surface area contributed by atoms with E-state index in [0.717, 1.165) is 31.2 Å². The van der Waals surface area contributed by atoms with Crippen LogP contribution in [0.25, 0.3) is 0 Å². The molecular formula is C18H23NO4. The summed E-state index contributed by atoms with van der Waals surface area (Å²) in [5.74, 6) is -0.747. The molecule has 1 heterocycles. The molecule has 1 saturated carbocycles. The quantitative estimate of drug-likeness (QED) is 0.924. The van der Waals surface area contributed by atoms with Crippen molar-refractivity contribution < 1.29 is 19.4 Å². The second-order valence-electron chi connectivity index (χ2n) is 6.50. The van der Waals surface area contributed by atoms with Gasteiger partial charge in [-0.1, -0.05) is 43.2 Å². The smallest absolute Gasteiger partial charge is 0.306 e. The lowest BCUT2D eigenvalue weighted by molar-refractivity contribution is -0.150. The Morgan fingerprint density at radius 3 is 2.57 bits per heavy atom. The topological polar surface area (TPSA) is 66.8 Å². The third-order valence-corrected chi connectivity index (χ3v) is 5.02. The molecule has 1 saturated heterocycles. The van der Waals surface area contributed by atoms with Crippen LogP contribution in [0.4, 0.5) is 0 Å². The first-order chi connectivity index (χ1) is 11.1. The molecular weight excluding hydrogens is 294 g/mol. The van der Waals surface area contributed by atoms with Gasteiger partial charge in [0.1, 0.15) is 0 Å². The number of benzene rings is 1. The third kappa shape index (κ3) is 3.24. The first-order valence-corrected chi connectivity index (χ1v) is 8.30. The van der Waals surface area contributed by atoms with Crippen LogP contribution in [0.1, 0.15) is 37.7 Å². The molecule has 23 heavy (non-hydrogen) atoms. The van der Waals surface area contributed by atoms with Gasteiger partial charge < -0.3 is 14.7 Å². The van der Waals surface area contributed by atoms with Crippen molar-refractivity contribution in [3.63, 3.8) is 0 Å². The molecule has 0 aromatic heterocycles. The Morgan fingerprint density at radius 1 is 1.22 bits per heavy atom. The normalized spacial score (nSPS) is 23.7. The number of ether oxygens (including phenoxy) is 1. The van der Waals surface area contributed by atoms with Crippen LogP contribution in [0.15, 0.2) is 30.3 Å². The van der Waals surface area contributed by atoms with E-state index < -0.39 is 17.5 Å². The Bertz CT molecular complexity index is 566. The summed E-state index contributed by atoms with van der Waals surface area (Å²) in [4.78, 5) is 26.0. The number of carbonyl (C=O) groups excluding carboxylic acids is 1. The van der Waals surface area contributed by atoms with Crippen molar-refractivity contribution in [3.05, 3.63) is 35.9 Å². The number of hydrogen-bond acceptors (Lipinski definition) is 3. The van der Waals surface area contributed by atoms with Crippen LogP contribution < -0.4 is 0 Å². The molecule has 0 bridgehead atoms. The minimum absolute atomic E-state index is 0.0535. The summed E-state index contributed by atoms with van der Waals surface area (Å²) in [6.07, 6.45) is 3.41. The third-order valence-electron chi connectivity index (χ3n) is 5.02. The molecule has 1 atom stereocenters. The van der Waals surface area contributed by atoms with E-state index in [-0.39, 0.29) is 12.3 Å². The zero-order chi connectivity index (χ0) is 16.3. The minimum Gasteiger partial charge on any atom is -0.481 e. The van der Waals surface area contributed by atoms with E-state index in [1.807, 2.05) is 35.2 Å². The maximum Gasteiger partial charge on any atom is 0.306 e. The first-order valence-electron chi connectivity index (χ1n) is 8.30. The monoisotopic (exact) mass is 317 g/mol. The molecule has 3 rings (SSSR count). The van der Waals surface area contributed by atoms with Crippen molar-refractivity contribution in [2.24, 2.45) is 0 Å². The van der Waals surface area contributed by atoms with Crippen LogP contribution in [0.2, 0.25) is 0 Å². The fraction of sp³-hybridized carbons (Fsp3) is 0.556. The number of morpholine rings is 1. The lowest BCUT2D eigenvalue weighted by Gasteiger charge is -2.39. The molecule has 5 nitrogen and oxygen atoms in total. The number of hydrogen-bond donors (Lipinski definition) is 1. The van der Waals surface area contributed by atoms with Crippen LogP contribution in [0, 0.1) is 0 Å². The standard InChI is InChI=1S/C18H23NO4/c20-16(21)12-15-13-19(10-11-23-15)17(22)18(8-4-5-9-18)14-6-2-1-3-7-14/h1-3,6-7,15H,4-5,8-13H2,(H,20,21). The molecule has 124 valence electrons. The fourth-order valence-corrected chi connectivity index (χ4v) is 3.89. The van der Waals surface area contributed by atoms with E-state index in [9.17, 15) is 9.59 Å². The molecule has 5 heteroatoms. The van der Waals surface area contributed by atoms with Crippen molar-refractivity contribution in [2.75, 3.05) is 19.7 Å². The van der Waals surface area contributed by atoms with Crippen LogP contribution in [0.3, 0.4) is 0 Å². The van der Waals surface area contributed by atoms with Gasteiger partial charge in [0.25, 0.3) is 0 Å².